The van der Waals surface area contributed by atoms with Gasteiger partial charge in [-0.2, -0.15) is 0 Å². The van der Waals surface area contributed by atoms with E-state index in [0.717, 1.165) is 0 Å². The Hall–Kier alpha value is -2.93. The van der Waals surface area contributed by atoms with Crippen LogP contribution in [-0.4, -0.2) is 13.3 Å². The zero-order chi connectivity index (χ0) is 16.4. The van der Waals surface area contributed by atoms with Crippen molar-refractivity contribution in [1.29, 1.82) is 0 Å². The first-order valence-corrected chi connectivity index (χ1v) is 8.11. The smallest absolute Gasteiger partial charge is 0.289 e. The number of nitrogens with zero attached hydrogens (tertiary/aromatic N) is 1. The first kappa shape index (κ1) is 15.0. The second kappa shape index (κ2) is 5.69. The molecule has 1 aromatic heterocycles. The van der Waals surface area contributed by atoms with Crippen molar-refractivity contribution >= 4 is 15.5 Å². The van der Waals surface area contributed by atoms with Gasteiger partial charge < -0.3 is 4.42 Å². The average Bonchev–Trinajstić information content (AvgIpc) is 3.09. The topological polar surface area (TPSA) is 90.4 Å². The van der Waals surface area contributed by atoms with Crippen molar-refractivity contribution in [3.05, 3.63) is 77.0 Å². The van der Waals surface area contributed by atoms with Crippen LogP contribution in [0.3, 0.4) is 0 Å². The van der Waals surface area contributed by atoms with Gasteiger partial charge in [0, 0.05) is 11.6 Å². The minimum absolute atomic E-state index is 0.00819. The lowest BCUT2D eigenvalue weighted by atomic mass is 10.1. The molecule has 0 N–H and O–H groups in total. The molecule has 0 spiro atoms. The zero-order valence-corrected chi connectivity index (χ0v) is 12.6. The fourth-order valence-electron chi connectivity index (χ4n) is 2.21. The number of hydrogen-bond acceptors (Lipinski definition) is 5. The fourth-order valence-corrected chi connectivity index (χ4v) is 3.64. The van der Waals surface area contributed by atoms with Crippen molar-refractivity contribution in [2.45, 2.75) is 9.79 Å². The fraction of sp³-hybridized carbons (Fsp3) is 0. The summed E-state index contributed by atoms with van der Waals surface area (Å²) in [6.07, 6.45) is 1.44. The Bertz CT molecular complexity index is 947. The van der Waals surface area contributed by atoms with E-state index < -0.39 is 20.4 Å². The lowest BCUT2D eigenvalue weighted by molar-refractivity contribution is -0.387. The molecule has 116 valence electrons. The maximum Gasteiger partial charge on any atom is 0.289 e. The van der Waals surface area contributed by atoms with Gasteiger partial charge in [0.05, 0.1) is 16.1 Å². The van der Waals surface area contributed by atoms with Gasteiger partial charge in [0.15, 0.2) is 0 Å². The van der Waals surface area contributed by atoms with E-state index in [9.17, 15) is 18.5 Å². The first-order chi connectivity index (χ1) is 11.0. The van der Waals surface area contributed by atoms with E-state index in [1.807, 2.05) is 0 Å². The van der Waals surface area contributed by atoms with Crippen molar-refractivity contribution in [2.24, 2.45) is 0 Å². The Morgan fingerprint density at radius 3 is 2.30 bits per heavy atom. The highest BCUT2D eigenvalue weighted by Crippen LogP contribution is 2.33. The van der Waals surface area contributed by atoms with E-state index >= 15 is 0 Å². The summed E-state index contributed by atoms with van der Waals surface area (Å²) in [6, 6.07) is 14.8. The number of furan rings is 1. The molecule has 23 heavy (non-hydrogen) atoms. The molecule has 6 nitrogen and oxygen atoms in total. The SMILES string of the molecule is O=[N+]([O-])c1cc(-c2ccco2)ccc1S(=O)(=O)c1ccccc1. The van der Waals surface area contributed by atoms with Crippen molar-refractivity contribution in [3.63, 3.8) is 0 Å². The molecule has 0 fully saturated rings. The van der Waals surface area contributed by atoms with Crippen molar-refractivity contribution < 1.29 is 17.8 Å². The summed E-state index contributed by atoms with van der Waals surface area (Å²) in [5, 5.41) is 11.3. The standard InChI is InChI=1S/C16H11NO5S/c18-17(19)14-11-12(15-7-4-10-22-15)8-9-16(14)23(20,21)13-5-2-1-3-6-13/h1-11H. The molecule has 2 aromatic carbocycles. The number of nitro benzene ring substituents is 1. The van der Waals surface area contributed by atoms with Crippen LogP contribution in [0, 0.1) is 10.1 Å². The van der Waals surface area contributed by atoms with E-state index in [4.69, 9.17) is 4.42 Å². The van der Waals surface area contributed by atoms with Crippen LogP contribution in [0.5, 0.6) is 0 Å². The summed E-state index contributed by atoms with van der Waals surface area (Å²) in [7, 11) is -3.97. The van der Waals surface area contributed by atoms with E-state index in [0.29, 0.717) is 11.3 Å². The van der Waals surface area contributed by atoms with Gasteiger partial charge in [-0.15, -0.1) is 0 Å². The Kier molecular flexibility index (Phi) is 3.71. The monoisotopic (exact) mass is 329 g/mol. The second-order valence-corrected chi connectivity index (χ2v) is 6.65. The van der Waals surface area contributed by atoms with Crippen molar-refractivity contribution in [3.8, 4) is 11.3 Å². The highest BCUT2D eigenvalue weighted by atomic mass is 32.2. The van der Waals surface area contributed by atoms with Crippen LogP contribution in [-0.2, 0) is 9.84 Å². The Labute approximate surface area is 132 Å². The van der Waals surface area contributed by atoms with E-state index in [1.54, 1.807) is 30.3 Å². The summed E-state index contributed by atoms with van der Waals surface area (Å²) in [6.45, 7) is 0. The predicted octanol–water partition coefficient (Wildman–Crippen LogP) is 3.69. The van der Waals surface area contributed by atoms with Gasteiger partial charge in [-0.25, -0.2) is 8.42 Å². The number of benzene rings is 2. The molecule has 0 amide bonds. The minimum Gasteiger partial charge on any atom is -0.464 e. The normalized spacial score (nSPS) is 11.3. The van der Waals surface area contributed by atoms with Crippen LogP contribution in [0.25, 0.3) is 11.3 Å². The summed E-state index contributed by atoms with van der Waals surface area (Å²) < 4.78 is 30.5. The highest BCUT2D eigenvalue weighted by Gasteiger charge is 2.28. The summed E-state index contributed by atoms with van der Waals surface area (Å²) >= 11 is 0. The summed E-state index contributed by atoms with van der Waals surface area (Å²) in [4.78, 5) is 10.3. The molecule has 0 unspecified atom stereocenters. The molecule has 0 aliphatic heterocycles. The third kappa shape index (κ3) is 2.74. The van der Waals surface area contributed by atoms with Crippen LogP contribution >= 0.6 is 0 Å². The molecule has 3 aromatic rings. The van der Waals surface area contributed by atoms with Gasteiger partial charge in [0.1, 0.15) is 10.7 Å². The quantitative estimate of drug-likeness (QED) is 0.538. The molecular weight excluding hydrogens is 318 g/mol. The number of hydrogen-bond donors (Lipinski definition) is 0. The van der Waals surface area contributed by atoms with Crippen LogP contribution < -0.4 is 0 Å². The van der Waals surface area contributed by atoms with Gasteiger partial charge in [0.2, 0.25) is 9.84 Å². The maximum atomic E-state index is 12.6. The van der Waals surface area contributed by atoms with E-state index in [1.165, 1.54) is 36.6 Å². The molecular formula is C16H11NO5S. The highest BCUT2D eigenvalue weighted by molar-refractivity contribution is 7.91. The Morgan fingerprint density at radius 1 is 0.957 bits per heavy atom. The zero-order valence-electron chi connectivity index (χ0n) is 11.7. The van der Waals surface area contributed by atoms with Crippen molar-refractivity contribution in [2.75, 3.05) is 0 Å². The molecule has 0 radical (unpaired) electrons. The van der Waals surface area contributed by atoms with Crippen LogP contribution in [0.2, 0.25) is 0 Å². The molecule has 1 heterocycles. The molecule has 3 rings (SSSR count). The third-order valence-electron chi connectivity index (χ3n) is 3.30. The summed E-state index contributed by atoms with van der Waals surface area (Å²) in [5.41, 5.74) is -0.0449. The maximum absolute atomic E-state index is 12.6. The molecule has 7 heteroatoms. The van der Waals surface area contributed by atoms with E-state index in [2.05, 4.69) is 0 Å². The second-order valence-electron chi connectivity index (χ2n) is 4.73. The lowest BCUT2D eigenvalue weighted by Crippen LogP contribution is -2.05. The largest absolute Gasteiger partial charge is 0.464 e. The van der Waals surface area contributed by atoms with Gasteiger partial charge in [0.25, 0.3) is 5.69 Å². The van der Waals surface area contributed by atoms with Crippen molar-refractivity contribution in [1.82, 2.24) is 0 Å². The minimum atomic E-state index is -3.97. The number of nitro groups is 1. The summed E-state index contributed by atoms with van der Waals surface area (Å²) in [5.74, 6) is 0.428. The first-order valence-electron chi connectivity index (χ1n) is 6.62. The Balaban J connectivity index is 2.19. The van der Waals surface area contributed by atoms with Gasteiger partial charge in [-0.05, 0) is 36.4 Å². The van der Waals surface area contributed by atoms with Crippen LogP contribution in [0.4, 0.5) is 5.69 Å². The van der Waals surface area contributed by atoms with E-state index in [-0.39, 0.29) is 9.79 Å². The Morgan fingerprint density at radius 2 is 1.70 bits per heavy atom. The van der Waals surface area contributed by atoms with Gasteiger partial charge >= 0.3 is 0 Å². The molecule has 0 saturated heterocycles. The molecule has 0 bridgehead atoms. The van der Waals surface area contributed by atoms with Gasteiger partial charge in [-0.1, -0.05) is 18.2 Å². The number of rotatable bonds is 4. The molecule has 0 aliphatic carbocycles. The molecule has 0 atom stereocenters. The average molecular weight is 329 g/mol. The van der Waals surface area contributed by atoms with Crippen LogP contribution in [0.1, 0.15) is 0 Å². The molecule has 0 saturated carbocycles. The molecule has 0 aliphatic rings. The lowest BCUT2D eigenvalue weighted by Gasteiger charge is -2.06. The van der Waals surface area contributed by atoms with Gasteiger partial charge in [-0.3, -0.25) is 10.1 Å². The van der Waals surface area contributed by atoms with Crippen LogP contribution in [0.15, 0.2) is 81.1 Å². The number of sulfone groups is 1. The third-order valence-corrected chi connectivity index (χ3v) is 5.12. The predicted molar refractivity (Wildman–Crippen MR) is 82.7 cm³/mol.